The average Bonchev–Trinajstić information content (AvgIpc) is 2.97. The summed E-state index contributed by atoms with van der Waals surface area (Å²) in [5.74, 6) is 1.10. The molecule has 1 aromatic heterocycles. The Morgan fingerprint density at radius 2 is 2.12 bits per heavy atom. The zero-order valence-corrected chi connectivity index (χ0v) is 16.5. The van der Waals surface area contributed by atoms with Crippen LogP contribution >= 0.6 is 11.3 Å². The number of hydrogen-bond acceptors (Lipinski definition) is 6. The van der Waals surface area contributed by atoms with Gasteiger partial charge in [-0.3, -0.25) is 4.79 Å². The summed E-state index contributed by atoms with van der Waals surface area (Å²) >= 11 is 1.35. The van der Waals surface area contributed by atoms with Crippen molar-refractivity contribution in [2.45, 2.75) is 40.0 Å². The fraction of sp³-hybridized carbons (Fsp3) is 0.421. The number of carbonyl (C=O) groups is 1. The summed E-state index contributed by atoms with van der Waals surface area (Å²) in [6.07, 6.45) is 4.89. The summed E-state index contributed by atoms with van der Waals surface area (Å²) in [5, 5.41) is 4.88. The Balaban J connectivity index is 1.97. The van der Waals surface area contributed by atoms with Crippen LogP contribution in [0.25, 0.3) is 0 Å². The third-order valence-corrected chi connectivity index (χ3v) is 4.75. The molecule has 0 fully saturated rings. The van der Waals surface area contributed by atoms with E-state index in [1.165, 1.54) is 11.3 Å². The van der Waals surface area contributed by atoms with Gasteiger partial charge in [0.15, 0.2) is 11.5 Å². The predicted octanol–water partition coefficient (Wildman–Crippen LogP) is 4.10. The van der Waals surface area contributed by atoms with Gasteiger partial charge in [0.2, 0.25) is 0 Å². The smallest absolute Gasteiger partial charge is 0.283 e. The van der Waals surface area contributed by atoms with E-state index in [2.05, 4.69) is 22.4 Å². The predicted molar refractivity (Wildman–Crippen MR) is 105 cm³/mol. The third kappa shape index (κ3) is 5.56. The van der Waals surface area contributed by atoms with Crippen LogP contribution in [0.5, 0.6) is 11.5 Å². The highest BCUT2D eigenvalue weighted by atomic mass is 32.1. The minimum atomic E-state index is -0.257. The lowest BCUT2D eigenvalue weighted by atomic mass is 10.2. The first kappa shape index (κ1) is 19.9. The zero-order chi connectivity index (χ0) is 18.9. The van der Waals surface area contributed by atoms with Crippen molar-refractivity contribution in [1.82, 2.24) is 10.4 Å². The van der Waals surface area contributed by atoms with E-state index in [0.29, 0.717) is 28.7 Å². The van der Waals surface area contributed by atoms with Crippen LogP contribution in [0.4, 0.5) is 0 Å². The molecule has 0 atom stereocenters. The maximum absolute atomic E-state index is 12.1. The molecule has 0 aliphatic carbocycles. The van der Waals surface area contributed by atoms with E-state index in [9.17, 15) is 4.79 Å². The Morgan fingerprint density at radius 1 is 1.31 bits per heavy atom. The van der Waals surface area contributed by atoms with Crippen LogP contribution in [0.1, 0.15) is 52.1 Å². The van der Waals surface area contributed by atoms with E-state index in [1.807, 2.05) is 32.0 Å². The van der Waals surface area contributed by atoms with Gasteiger partial charge in [0.05, 0.1) is 30.6 Å². The largest absolute Gasteiger partial charge is 0.493 e. The van der Waals surface area contributed by atoms with Gasteiger partial charge in [-0.15, -0.1) is 11.3 Å². The van der Waals surface area contributed by atoms with E-state index >= 15 is 0 Å². The van der Waals surface area contributed by atoms with Gasteiger partial charge < -0.3 is 9.47 Å². The molecule has 2 aromatic rings. The van der Waals surface area contributed by atoms with Crippen LogP contribution in [-0.2, 0) is 0 Å². The van der Waals surface area contributed by atoms with Crippen molar-refractivity contribution in [3.63, 3.8) is 0 Å². The molecule has 0 saturated carbocycles. The van der Waals surface area contributed by atoms with Gasteiger partial charge >= 0.3 is 0 Å². The molecule has 0 aliphatic heterocycles. The number of nitrogens with zero attached hydrogens (tertiary/aromatic N) is 2. The molecule has 7 heteroatoms. The normalized spacial score (nSPS) is 10.9. The molecular weight excluding hydrogens is 350 g/mol. The van der Waals surface area contributed by atoms with Crippen molar-refractivity contribution in [2.75, 3.05) is 13.7 Å². The molecule has 1 amide bonds. The molecule has 0 unspecified atom stereocenters. The first-order valence-electron chi connectivity index (χ1n) is 8.63. The van der Waals surface area contributed by atoms with E-state index in [1.54, 1.807) is 13.3 Å². The number of methoxy groups -OCH3 is 1. The molecule has 1 N–H and O–H groups in total. The van der Waals surface area contributed by atoms with E-state index in [-0.39, 0.29) is 5.91 Å². The Labute approximate surface area is 158 Å². The zero-order valence-electron chi connectivity index (χ0n) is 15.7. The first-order valence-corrected chi connectivity index (χ1v) is 9.45. The van der Waals surface area contributed by atoms with Gasteiger partial charge in [0, 0.05) is 0 Å². The van der Waals surface area contributed by atoms with Crippen LogP contribution in [0, 0.1) is 13.8 Å². The molecule has 1 aromatic carbocycles. The Morgan fingerprint density at radius 3 is 2.77 bits per heavy atom. The van der Waals surface area contributed by atoms with Gasteiger partial charge in [0.1, 0.15) is 4.88 Å². The third-order valence-electron chi connectivity index (χ3n) is 3.68. The molecule has 1 heterocycles. The number of aryl methyl sites for hydroxylation is 2. The quantitative estimate of drug-likeness (QED) is 0.407. The summed E-state index contributed by atoms with van der Waals surface area (Å²) < 4.78 is 11.1. The van der Waals surface area contributed by atoms with Crippen LogP contribution in [0.3, 0.4) is 0 Å². The van der Waals surface area contributed by atoms with Gasteiger partial charge in [-0.2, -0.15) is 5.10 Å². The second-order valence-corrected chi connectivity index (χ2v) is 7.02. The number of ether oxygens (including phenoxy) is 2. The van der Waals surface area contributed by atoms with Crippen molar-refractivity contribution in [3.05, 3.63) is 39.3 Å². The Bertz CT molecular complexity index is 771. The summed E-state index contributed by atoms with van der Waals surface area (Å²) in [4.78, 5) is 16.9. The minimum absolute atomic E-state index is 0.257. The summed E-state index contributed by atoms with van der Waals surface area (Å²) in [7, 11) is 1.60. The molecule has 0 saturated heterocycles. The van der Waals surface area contributed by atoms with Gasteiger partial charge in [-0.25, -0.2) is 10.4 Å². The lowest BCUT2D eigenvalue weighted by Gasteiger charge is -2.11. The lowest BCUT2D eigenvalue weighted by Crippen LogP contribution is -2.17. The van der Waals surface area contributed by atoms with Crippen molar-refractivity contribution in [1.29, 1.82) is 0 Å². The highest BCUT2D eigenvalue weighted by molar-refractivity contribution is 7.13. The van der Waals surface area contributed by atoms with Gasteiger partial charge in [0.25, 0.3) is 5.91 Å². The summed E-state index contributed by atoms with van der Waals surface area (Å²) in [5.41, 5.74) is 4.05. The number of hydrazone groups is 1. The summed E-state index contributed by atoms with van der Waals surface area (Å²) in [6.45, 7) is 6.51. The van der Waals surface area contributed by atoms with Crippen LogP contribution < -0.4 is 14.9 Å². The van der Waals surface area contributed by atoms with Crippen molar-refractivity contribution >= 4 is 23.5 Å². The average molecular weight is 375 g/mol. The highest BCUT2D eigenvalue weighted by Crippen LogP contribution is 2.27. The summed E-state index contributed by atoms with van der Waals surface area (Å²) in [6, 6.07) is 5.55. The number of amides is 1. The first-order chi connectivity index (χ1) is 12.5. The number of unbranched alkanes of at least 4 members (excludes halogenated alkanes) is 2. The fourth-order valence-corrected chi connectivity index (χ4v) is 3.19. The molecule has 140 valence electrons. The Kier molecular flexibility index (Phi) is 7.59. The number of rotatable bonds is 9. The van der Waals surface area contributed by atoms with Crippen LogP contribution in [0.15, 0.2) is 23.3 Å². The number of hydrogen-bond donors (Lipinski definition) is 1. The van der Waals surface area contributed by atoms with Crippen molar-refractivity contribution in [2.24, 2.45) is 5.10 Å². The standard InChI is InChI=1S/C19H25N3O3S/c1-5-6-7-10-25-16-9-8-15(11-17(16)24-4)12-20-22-19(23)18-13(2)21-14(3)26-18/h8-9,11-12H,5-7,10H2,1-4H3,(H,22,23)/b20-12+. The van der Waals surface area contributed by atoms with Crippen molar-refractivity contribution in [3.8, 4) is 11.5 Å². The van der Waals surface area contributed by atoms with Crippen molar-refractivity contribution < 1.29 is 14.3 Å². The van der Waals surface area contributed by atoms with E-state index in [0.717, 1.165) is 29.8 Å². The fourth-order valence-electron chi connectivity index (χ4n) is 2.38. The number of benzene rings is 1. The Hall–Kier alpha value is -2.41. The van der Waals surface area contributed by atoms with Gasteiger partial charge in [-0.1, -0.05) is 19.8 Å². The van der Waals surface area contributed by atoms with Crippen LogP contribution in [0.2, 0.25) is 0 Å². The number of carbonyl (C=O) groups excluding carboxylic acids is 1. The maximum atomic E-state index is 12.1. The maximum Gasteiger partial charge on any atom is 0.283 e. The molecule has 2 rings (SSSR count). The van der Waals surface area contributed by atoms with Gasteiger partial charge in [-0.05, 0) is 44.0 Å². The molecule has 0 bridgehead atoms. The number of aromatic nitrogens is 1. The number of nitrogens with one attached hydrogen (secondary N) is 1. The minimum Gasteiger partial charge on any atom is -0.493 e. The molecule has 0 radical (unpaired) electrons. The second kappa shape index (κ2) is 9.91. The highest BCUT2D eigenvalue weighted by Gasteiger charge is 2.12. The topological polar surface area (TPSA) is 72.8 Å². The van der Waals surface area contributed by atoms with Crippen LogP contribution in [-0.4, -0.2) is 30.8 Å². The van der Waals surface area contributed by atoms with E-state index < -0.39 is 0 Å². The lowest BCUT2D eigenvalue weighted by molar-refractivity contribution is 0.0958. The second-order valence-electron chi connectivity index (χ2n) is 5.81. The molecule has 26 heavy (non-hydrogen) atoms. The SMILES string of the molecule is CCCCCOc1ccc(/C=N/NC(=O)c2sc(C)nc2C)cc1OC. The van der Waals surface area contributed by atoms with E-state index in [4.69, 9.17) is 9.47 Å². The molecule has 6 nitrogen and oxygen atoms in total. The molecule has 0 aliphatic rings. The molecular formula is C19H25N3O3S. The number of thiazole rings is 1. The molecule has 0 spiro atoms. The monoisotopic (exact) mass is 375 g/mol.